The topological polar surface area (TPSA) is 0 Å². The van der Waals surface area contributed by atoms with Gasteiger partial charge in [-0.05, 0) is 5.75 Å². The predicted octanol–water partition coefficient (Wildman–Crippen LogP) is 12.0. The van der Waals surface area contributed by atoms with Crippen molar-refractivity contribution in [2.75, 3.05) is 10.2 Å². The molecule has 0 fully saturated rings. The summed E-state index contributed by atoms with van der Waals surface area (Å²) in [6, 6.07) is 0. The van der Waals surface area contributed by atoms with Crippen LogP contribution in [-0.2, 0) is 0 Å². The van der Waals surface area contributed by atoms with Gasteiger partial charge < -0.3 is 0 Å². The number of alkyl halides is 25. The van der Waals surface area contributed by atoms with Crippen LogP contribution >= 0.6 is 35.2 Å². The highest BCUT2D eigenvalue weighted by Crippen LogP contribution is 2.54. The molecule has 0 heterocycles. The second-order valence-corrected chi connectivity index (χ2v) is 11.0. The lowest BCUT2D eigenvalue weighted by Gasteiger charge is -2.34. The van der Waals surface area contributed by atoms with E-state index < -0.39 is 121 Å². The molecule has 2 atom stereocenters. The van der Waals surface area contributed by atoms with E-state index in [1.54, 1.807) is 0 Å². The Morgan fingerprint density at radius 1 is 0.391 bits per heavy atom. The Bertz CT molecular complexity index is 806. The summed E-state index contributed by atoms with van der Waals surface area (Å²) in [7, 11) is 0. The molecule has 0 saturated heterocycles. The third-order valence-corrected chi connectivity index (χ3v) is 6.57. The fourth-order valence-corrected chi connectivity index (χ4v) is 4.41. The molecule has 0 aliphatic heterocycles. The molecule has 0 rings (SSSR count). The van der Waals surface area contributed by atoms with Gasteiger partial charge in [0, 0.05) is 43.0 Å². The number of thiol groups is 1. The fraction of sp³-hybridized carbons (Fsp3) is 1.00. The number of hydrogen-bond acceptors (Lipinski definition) is 1. The van der Waals surface area contributed by atoms with E-state index in [2.05, 4.69) is 12.6 Å². The molecule has 0 N–H and O–H groups in total. The normalized spacial score (nSPS) is 16.6. The van der Waals surface area contributed by atoms with Crippen molar-refractivity contribution in [2.45, 2.75) is 98.8 Å². The van der Waals surface area contributed by atoms with Gasteiger partial charge in [0.15, 0.2) is 0 Å². The first-order chi connectivity index (χ1) is 19.7. The number of rotatable bonds is 12. The number of halogens is 25. The first kappa shape index (κ1) is 47.5. The minimum Gasteiger partial charge on any atom is -0.224 e. The quantitative estimate of drug-likeness (QED) is 0.0859. The van der Waals surface area contributed by atoms with Crippen molar-refractivity contribution in [1.82, 2.24) is 0 Å². The van der Waals surface area contributed by atoms with Crippen LogP contribution in [0.15, 0.2) is 0 Å². The fourth-order valence-electron chi connectivity index (χ4n) is 3.30. The zero-order valence-corrected chi connectivity index (χ0v) is 24.8. The average molecular weight is 874 g/mol. The van der Waals surface area contributed by atoms with Crippen LogP contribution in [0.3, 0.4) is 0 Å². The van der Waals surface area contributed by atoms with E-state index in [0.29, 0.717) is 0 Å². The van der Waals surface area contributed by atoms with Crippen molar-refractivity contribution in [3.8, 4) is 0 Å². The smallest absolute Gasteiger partial charge is 0.224 e. The minimum absolute atomic E-state index is 0.394. The highest BCUT2D eigenvalue weighted by Gasteiger charge is 2.75. The molecule has 2 unspecified atom stereocenters. The zero-order valence-electron chi connectivity index (χ0n) is 21.7. The summed E-state index contributed by atoms with van der Waals surface area (Å²) < 4.78 is 302. The molecule has 0 amide bonds. The maximum Gasteiger partial charge on any atom is 0.431 e. The van der Waals surface area contributed by atoms with Gasteiger partial charge in [0.05, 0.1) is 11.8 Å². The van der Waals surface area contributed by atoms with Crippen LogP contribution in [0.2, 0.25) is 0 Å². The third-order valence-electron chi connectivity index (χ3n) is 5.81. The Hall–Kier alpha value is -0.600. The molecule has 0 aliphatic carbocycles. The molecule has 0 spiro atoms. The van der Waals surface area contributed by atoms with Crippen LogP contribution in [0, 0.1) is 11.8 Å². The molecule has 280 valence electrons. The van der Waals surface area contributed by atoms with Crippen molar-refractivity contribution < 1.29 is 105 Å². The monoisotopic (exact) mass is 874 g/mol. The van der Waals surface area contributed by atoms with Crippen molar-refractivity contribution in [1.29, 1.82) is 0 Å². The largest absolute Gasteiger partial charge is 0.431 e. The van der Waals surface area contributed by atoms with Crippen molar-refractivity contribution in [2.24, 2.45) is 11.8 Å². The predicted molar refractivity (Wildman–Crippen MR) is 121 cm³/mol. The molecule has 0 aliphatic rings. The third kappa shape index (κ3) is 13.7. The van der Waals surface area contributed by atoms with Crippen LogP contribution in [0.5, 0.6) is 0 Å². The lowest BCUT2D eigenvalue weighted by Crippen LogP contribution is -2.55. The molecule has 0 nitrogen and oxygen atoms in total. The van der Waals surface area contributed by atoms with E-state index in [4.69, 9.17) is 0 Å². The molecular weight excluding hydrogens is 855 g/mol. The van der Waals surface area contributed by atoms with Gasteiger partial charge >= 0.3 is 37.1 Å². The molecule has 26 heteroatoms. The first-order valence-corrected chi connectivity index (χ1v) is 13.6. The summed E-state index contributed by atoms with van der Waals surface area (Å²) in [6.45, 7) is 0. The molecule has 0 bridgehead atoms. The summed E-state index contributed by atoms with van der Waals surface area (Å²) in [4.78, 5) is 0. The minimum atomic E-state index is -6.74. The van der Waals surface area contributed by atoms with E-state index in [1.165, 1.54) is 22.6 Å². The van der Waals surface area contributed by atoms with Crippen LogP contribution in [0.25, 0.3) is 0 Å². The molecule has 0 aromatic carbocycles. The standard InChI is InChI=1S/C10H9F12I.C10H10F12S/c2*11-6(12,1-2-23)3-5(8(14,15)16)4-7(13,9(17,18)19)10(20,21)22/h5H,1-4H2;5,23H,1-4H2. The maximum atomic E-state index is 13.4. The molecule has 46 heavy (non-hydrogen) atoms. The van der Waals surface area contributed by atoms with E-state index >= 15 is 0 Å². The summed E-state index contributed by atoms with van der Waals surface area (Å²) in [5, 5.41) is 0. The van der Waals surface area contributed by atoms with Crippen molar-refractivity contribution in [3.63, 3.8) is 0 Å². The van der Waals surface area contributed by atoms with Crippen LogP contribution in [-0.4, -0.2) is 70.4 Å². The first-order valence-electron chi connectivity index (χ1n) is 11.5. The van der Waals surface area contributed by atoms with E-state index in [9.17, 15) is 105 Å². The van der Waals surface area contributed by atoms with Crippen LogP contribution in [0.1, 0.15) is 38.5 Å². The maximum absolute atomic E-state index is 13.4. The van der Waals surface area contributed by atoms with Gasteiger partial charge in [-0.15, -0.1) is 0 Å². The summed E-state index contributed by atoms with van der Waals surface area (Å²) in [6.07, 6.45) is -52.4. The lowest BCUT2D eigenvalue weighted by atomic mass is 9.86. The Morgan fingerprint density at radius 3 is 0.804 bits per heavy atom. The second kappa shape index (κ2) is 15.5. The number of hydrogen-bond donors (Lipinski definition) is 1. The van der Waals surface area contributed by atoms with Gasteiger partial charge in [-0.3, -0.25) is 0 Å². The Balaban J connectivity index is 0. The van der Waals surface area contributed by atoms with Gasteiger partial charge in [0.2, 0.25) is 11.8 Å². The van der Waals surface area contributed by atoms with E-state index in [-0.39, 0.29) is 0 Å². The summed E-state index contributed by atoms with van der Waals surface area (Å²) in [5.74, 6) is -16.8. The average Bonchev–Trinajstić information content (AvgIpc) is 2.73. The molecule has 0 aromatic heterocycles. The molecule has 0 radical (unpaired) electrons. The van der Waals surface area contributed by atoms with Gasteiger partial charge in [-0.2, -0.15) is 91.7 Å². The van der Waals surface area contributed by atoms with Gasteiger partial charge in [-0.25, -0.2) is 26.3 Å². The molecule has 0 aromatic rings. The Labute approximate surface area is 261 Å². The van der Waals surface area contributed by atoms with Gasteiger partial charge in [0.25, 0.3) is 11.3 Å². The van der Waals surface area contributed by atoms with E-state index in [0.717, 1.165) is 0 Å². The summed E-state index contributed by atoms with van der Waals surface area (Å²) in [5.41, 5.74) is -12.5. The highest BCUT2D eigenvalue weighted by atomic mass is 127. The SMILES string of the molecule is FC(F)(CCI)CC(CC(F)(C(F)(F)F)C(F)(F)F)C(F)(F)F.FC(F)(CCS)CC(CC(F)(C(F)(F)F)C(F)(F)F)C(F)(F)F. The lowest BCUT2D eigenvalue weighted by molar-refractivity contribution is -0.354. The van der Waals surface area contributed by atoms with Gasteiger partial charge in [-0.1, -0.05) is 22.6 Å². The zero-order chi connectivity index (χ0) is 37.8. The van der Waals surface area contributed by atoms with E-state index in [1.807, 2.05) is 0 Å². The van der Waals surface area contributed by atoms with Crippen molar-refractivity contribution >= 4 is 35.2 Å². The molecule has 0 saturated carbocycles. The van der Waals surface area contributed by atoms with Gasteiger partial charge in [0.1, 0.15) is 0 Å². The van der Waals surface area contributed by atoms with Crippen LogP contribution < -0.4 is 0 Å². The Kier molecular flexibility index (Phi) is 16.0. The van der Waals surface area contributed by atoms with Crippen LogP contribution in [0.4, 0.5) is 105 Å². The van der Waals surface area contributed by atoms with Crippen molar-refractivity contribution in [3.05, 3.63) is 0 Å². The highest BCUT2D eigenvalue weighted by molar-refractivity contribution is 14.1. The summed E-state index contributed by atoms with van der Waals surface area (Å²) >= 11 is 4.63. The Morgan fingerprint density at radius 2 is 0.630 bits per heavy atom. The molecular formula is C20H19F24IS. The second-order valence-electron chi connectivity index (χ2n) is 9.51.